The maximum Gasteiger partial charge on any atom is 0.0792 e. The molecular weight excluding hydrogens is 237 g/mol. The third kappa shape index (κ3) is 3.21. The Morgan fingerprint density at radius 1 is 1.44 bits per heavy atom. The van der Waals surface area contributed by atoms with Gasteiger partial charge in [0.25, 0.3) is 0 Å². The fourth-order valence-electron chi connectivity index (χ4n) is 2.04. The summed E-state index contributed by atoms with van der Waals surface area (Å²) in [6.45, 7) is 1.09. The van der Waals surface area contributed by atoms with Gasteiger partial charge in [0.05, 0.1) is 6.10 Å². The van der Waals surface area contributed by atoms with Crippen LogP contribution in [0.4, 0.5) is 0 Å². The molecule has 3 atom stereocenters. The number of thioether (sulfide) groups is 1. The molecule has 1 fully saturated rings. The van der Waals surface area contributed by atoms with E-state index in [9.17, 15) is 5.11 Å². The first kappa shape index (κ1) is 12.4. The van der Waals surface area contributed by atoms with Crippen LogP contribution in [0.1, 0.15) is 12.8 Å². The molecule has 0 aromatic heterocycles. The van der Waals surface area contributed by atoms with Crippen molar-refractivity contribution >= 4 is 21.2 Å². The molecule has 0 aliphatic carbocycles. The third-order valence-electron chi connectivity index (χ3n) is 2.95. The molecule has 0 radical (unpaired) electrons. The average molecular weight is 255 g/mol. The lowest BCUT2D eigenvalue weighted by atomic mass is 10.1. The molecule has 1 aromatic rings. The third-order valence-corrected chi connectivity index (χ3v) is 4.71. The Kier molecular flexibility index (Phi) is 4.66. The highest BCUT2D eigenvalue weighted by Crippen LogP contribution is 2.27. The van der Waals surface area contributed by atoms with Gasteiger partial charge in [0, 0.05) is 23.2 Å². The summed E-state index contributed by atoms with van der Waals surface area (Å²) in [5.41, 5.74) is 0. The van der Waals surface area contributed by atoms with Crippen LogP contribution in [0.2, 0.25) is 0 Å². The summed E-state index contributed by atoms with van der Waals surface area (Å²) in [6, 6.07) is 10.6. The highest BCUT2D eigenvalue weighted by molar-refractivity contribution is 7.99. The van der Waals surface area contributed by atoms with Crippen LogP contribution in [-0.2, 0) is 0 Å². The molecule has 2 rings (SSSR count). The molecule has 0 amide bonds. The lowest BCUT2D eigenvalue weighted by Crippen LogP contribution is -2.34. The Morgan fingerprint density at radius 2 is 2.19 bits per heavy atom. The van der Waals surface area contributed by atoms with Crippen LogP contribution in [0.5, 0.6) is 0 Å². The number of benzene rings is 1. The lowest BCUT2D eigenvalue weighted by Gasteiger charge is -2.24. The van der Waals surface area contributed by atoms with Gasteiger partial charge in [-0.15, -0.1) is 11.8 Å². The smallest absolute Gasteiger partial charge is 0.0792 e. The first-order chi connectivity index (χ1) is 7.77. The van der Waals surface area contributed by atoms with Crippen LogP contribution in [0.15, 0.2) is 35.2 Å². The zero-order valence-electron chi connectivity index (χ0n) is 9.25. The van der Waals surface area contributed by atoms with Crippen molar-refractivity contribution in [2.75, 3.05) is 12.3 Å². The molecule has 3 unspecified atom stereocenters. The standard InChI is InChI=1S/C12H18NOPS/c14-12(11-7-4-8-13(11)15)9-16-10-5-2-1-3-6-10/h1-3,5-6,11-12,14H,4,7-9,15H2. The molecule has 1 saturated heterocycles. The maximum absolute atomic E-state index is 10.1. The Labute approximate surface area is 104 Å². The van der Waals surface area contributed by atoms with Crippen molar-refractivity contribution in [1.82, 2.24) is 4.67 Å². The minimum Gasteiger partial charge on any atom is -0.391 e. The van der Waals surface area contributed by atoms with E-state index >= 15 is 0 Å². The quantitative estimate of drug-likeness (QED) is 0.660. The summed E-state index contributed by atoms with van der Waals surface area (Å²) in [5.74, 6) is 0.777. The number of hydrogen-bond donors (Lipinski definition) is 1. The fraction of sp³-hybridized carbons (Fsp3) is 0.500. The molecule has 1 heterocycles. The Morgan fingerprint density at radius 3 is 2.81 bits per heavy atom. The van der Waals surface area contributed by atoms with Crippen molar-refractivity contribution in [2.24, 2.45) is 0 Å². The Bertz CT molecular complexity index is 322. The van der Waals surface area contributed by atoms with Gasteiger partial charge in [0.1, 0.15) is 0 Å². The van der Waals surface area contributed by atoms with Gasteiger partial charge < -0.3 is 5.11 Å². The Balaban J connectivity index is 1.81. The van der Waals surface area contributed by atoms with E-state index in [1.807, 2.05) is 18.2 Å². The highest BCUT2D eigenvalue weighted by atomic mass is 32.2. The van der Waals surface area contributed by atoms with Gasteiger partial charge in [-0.3, -0.25) is 4.67 Å². The molecule has 1 N–H and O–H groups in total. The van der Waals surface area contributed by atoms with Crippen LogP contribution < -0.4 is 0 Å². The van der Waals surface area contributed by atoms with E-state index in [4.69, 9.17) is 0 Å². The van der Waals surface area contributed by atoms with Crippen LogP contribution in [0, 0.1) is 0 Å². The van der Waals surface area contributed by atoms with E-state index in [2.05, 4.69) is 26.2 Å². The van der Waals surface area contributed by atoms with E-state index in [0.717, 1.165) is 18.7 Å². The van der Waals surface area contributed by atoms with E-state index in [1.165, 1.54) is 11.3 Å². The first-order valence-electron chi connectivity index (χ1n) is 5.64. The van der Waals surface area contributed by atoms with Crippen molar-refractivity contribution in [3.63, 3.8) is 0 Å². The summed E-state index contributed by atoms with van der Waals surface area (Å²) in [6.07, 6.45) is 2.08. The summed E-state index contributed by atoms with van der Waals surface area (Å²) < 4.78 is 2.19. The summed E-state index contributed by atoms with van der Waals surface area (Å²) in [4.78, 5) is 1.23. The number of rotatable bonds is 4. The predicted molar refractivity (Wildman–Crippen MR) is 72.6 cm³/mol. The molecule has 16 heavy (non-hydrogen) atoms. The van der Waals surface area contributed by atoms with Gasteiger partial charge >= 0.3 is 0 Å². The minimum absolute atomic E-state index is 0.231. The largest absolute Gasteiger partial charge is 0.391 e. The second-order valence-electron chi connectivity index (χ2n) is 4.14. The summed E-state index contributed by atoms with van der Waals surface area (Å²) >= 11 is 1.73. The summed E-state index contributed by atoms with van der Waals surface area (Å²) in [5, 5.41) is 10.1. The molecular formula is C12H18NOPS. The van der Waals surface area contributed by atoms with E-state index in [0.29, 0.717) is 6.04 Å². The van der Waals surface area contributed by atoms with E-state index in [1.54, 1.807) is 11.8 Å². The Hall–Kier alpha value is -0.0800. The van der Waals surface area contributed by atoms with Gasteiger partial charge in [-0.25, -0.2) is 0 Å². The number of aliphatic hydroxyl groups excluding tert-OH is 1. The van der Waals surface area contributed by atoms with Crippen LogP contribution in [0.3, 0.4) is 0 Å². The van der Waals surface area contributed by atoms with Crippen LogP contribution in [-0.4, -0.2) is 34.2 Å². The van der Waals surface area contributed by atoms with Gasteiger partial charge in [0.2, 0.25) is 0 Å². The van der Waals surface area contributed by atoms with Gasteiger partial charge in [-0.1, -0.05) is 27.6 Å². The molecule has 0 bridgehead atoms. The van der Waals surface area contributed by atoms with Gasteiger partial charge in [0.15, 0.2) is 0 Å². The molecule has 4 heteroatoms. The van der Waals surface area contributed by atoms with Crippen molar-refractivity contribution in [2.45, 2.75) is 29.9 Å². The molecule has 1 aliphatic rings. The molecule has 1 aromatic carbocycles. The van der Waals surface area contributed by atoms with Crippen molar-refractivity contribution in [3.8, 4) is 0 Å². The lowest BCUT2D eigenvalue weighted by molar-refractivity contribution is 0.131. The van der Waals surface area contributed by atoms with Crippen molar-refractivity contribution in [3.05, 3.63) is 30.3 Å². The highest BCUT2D eigenvalue weighted by Gasteiger charge is 2.27. The van der Waals surface area contributed by atoms with Crippen molar-refractivity contribution < 1.29 is 5.11 Å². The fourth-order valence-corrected chi connectivity index (χ4v) is 3.50. The number of nitrogens with zero attached hydrogens (tertiary/aromatic N) is 1. The summed E-state index contributed by atoms with van der Waals surface area (Å²) in [7, 11) is 2.72. The zero-order chi connectivity index (χ0) is 11.4. The number of aliphatic hydroxyl groups is 1. The maximum atomic E-state index is 10.1. The van der Waals surface area contributed by atoms with E-state index < -0.39 is 0 Å². The van der Waals surface area contributed by atoms with Crippen molar-refractivity contribution in [1.29, 1.82) is 0 Å². The van der Waals surface area contributed by atoms with Crippen LogP contribution >= 0.6 is 21.2 Å². The normalized spacial score (nSPS) is 23.5. The molecule has 1 aliphatic heterocycles. The molecule has 0 spiro atoms. The second kappa shape index (κ2) is 6.02. The minimum atomic E-state index is -0.231. The first-order valence-corrected chi connectivity index (χ1v) is 7.15. The van der Waals surface area contributed by atoms with Crippen LogP contribution in [0.25, 0.3) is 0 Å². The second-order valence-corrected chi connectivity index (χ2v) is 5.90. The average Bonchev–Trinajstić information content (AvgIpc) is 2.74. The SMILES string of the molecule is OC(CSc1ccccc1)C1CCCN1P. The number of hydrogen-bond acceptors (Lipinski definition) is 3. The predicted octanol–water partition coefficient (Wildman–Crippen LogP) is 2.39. The molecule has 0 saturated carbocycles. The molecule has 88 valence electrons. The van der Waals surface area contributed by atoms with Gasteiger partial charge in [-0.05, 0) is 25.0 Å². The van der Waals surface area contributed by atoms with Gasteiger partial charge in [-0.2, -0.15) is 0 Å². The zero-order valence-corrected chi connectivity index (χ0v) is 11.2. The topological polar surface area (TPSA) is 23.5 Å². The van der Waals surface area contributed by atoms with E-state index in [-0.39, 0.29) is 6.10 Å². The molecule has 2 nitrogen and oxygen atoms in total. The monoisotopic (exact) mass is 255 g/mol.